The highest BCUT2D eigenvalue weighted by atomic mass is 32.2. The molecule has 0 fully saturated rings. The first kappa shape index (κ1) is 18.0. The Labute approximate surface area is 141 Å². The van der Waals surface area contributed by atoms with E-state index >= 15 is 0 Å². The molecule has 0 saturated heterocycles. The van der Waals surface area contributed by atoms with Gasteiger partial charge in [0.05, 0.1) is 13.2 Å². The van der Waals surface area contributed by atoms with Gasteiger partial charge in [0.1, 0.15) is 22.2 Å². The summed E-state index contributed by atoms with van der Waals surface area (Å²) in [5, 5.41) is 2.77. The molecule has 0 aliphatic rings. The highest BCUT2D eigenvalue weighted by Crippen LogP contribution is 2.25. The van der Waals surface area contributed by atoms with E-state index in [4.69, 9.17) is 9.15 Å². The molecular weight excluding hydrogens is 332 g/mol. The van der Waals surface area contributed by atoms with Gasteiger partial charge < -0.3 is 14.5 Å². The lowest BCUT2D eigenvalue weighted by Gasteiger charge is -2.14. The van der Waals surface area contributed by atoms with Crippen LogP contribution in [0.2, 0.25) is 0 Å². The van der Waals surface area contributed by atoms with Crippen molar-refractivity contribution in [3.05, 3.63) is 47.4 Å². The molecule has 1 aromatic heterocycles. The normalized spacial score (nSPS) is 12.7. The van der Waals surface area contributed by atoms with E-state index in [1.165, 1.54) is 32.4 Å². The average molecular weight is 352 g/mol. The maximum Gasteiger partial charge on any atom is 0.251 e. The van der Waals surface area contributed by atoms with Crippen molar-refractivity contribution in [1.29, 1.82) is 0 Å². The van der Waals surface area contributed by atoms with Gasteiger partial charge >= 0.3 is 0 Å². The van der Waals surface area contributed by atoms with Crippen molar-refractivity contribution in [2.75, 3.05) is 14.2 Å². The highest BCUT2D eigenvalue weighted by Gasteiger charge is 2.21. The largest absolute Gasteiger partial charge is 0.495 e. The number of aryl methyl sites for hydroxylation is 1. The molecule has 0 aliphatic heterocycles. The molecule has 2 aromatic rings. The zero-order valence-corrected chi connectivity index (χ0v) is 14.7. The number of rotatable bonds is 6. The van der Waals surface area contributed by atoms with Crippen LogP contribution in [0, 0.1) is 6.92 Å². The van der Waals surface area contributed by atoms with Crippen LogP contribution < -0.4 is 14.8 Å². The highest BCUT2D eigenvalue weighted by molar-refractivity contribution is 7.89. The number of benzene rings is 1. The Hall–Kier alpha value is -2.32. The molecule has 7 nitrogen and oxygen atoms in total. The van der Waals surface area contributed by atoms with Gasteiger partial charge in [-0.2, -0.15) is 0 Å². The summed E-state index contributed by atoms with van der Waals surface area (Å²) in [5.41, 5.74) is 0.208. The van der Waals surface area contributed by atoms with E-state index in [9.17, 15) is 13.2 Å². The number of sulfonamides is 1. The lowest BCUT2D eigenvalue weighted by molar-refractivity contribution is 0.0935. The predicted molar refractivity (Wildman–Crippen MR) is 88.6 cm³/mol. The molecule has 1 amide bonds. The first-order valence-electron chi connectivity index (χ1n) is 7.27. The number of carbonyl (C=O) groups is 1. The number of carbonyl (C=O) groups excluding carboxylic acids is 1. The maximum absolute atomic E-state index is 12.4. The number of hydrogen-bond donors (Lipinski definition) is 2. The molecule has 130 valence electrons. The summed E-state index contributed by atoms with van der Waals surface area (Å²) in [6, 6.07) is 7.47. The summed E-state index contributed by atoms with van der Waals surface area (Å²) in [7, 11) is -1.09. The van der Waals surface area contributed by atoms with Gasteiger partial charge in [0.2, 0.25) is 10.0 Å². The van der Waals surface area contributed by atoms with Crippen LogP contribution >= 0.6 is 0 Å². The summed E-state index contributed by atoms with van der Waals surface area (Å²) in [6.07, 6.45) is 0. The molecule has 1 heterocycles. The van der Waals surface area contributed by atoms with E-state index in [-0.39, 0.29) is 22.3 Å². The standard InChI is InChI=1S/C16H20N2O5S/c1-10-5-7-13(23-10)11(2)18-16(19)12-6-8-14(22-4)15(9-12)24(20,21)17-3/h5-9,11,17H,1-4H3,(H,18,19). The molecule has 0 spiro atoms. The third-order valence-electron chi connectivity index (χ3n) is 3.52. The Morgan fingerprint density at radius 3 is 2.50 bits per heavy atom. The van der Waals surface area contributed by atoms with E-state index in [0.29, 0.717) is 5.76 Å². The Bertz CT molecular complexity index is 842. The third kappa shape index (κ3) is 3.77. The zero-order valence-electron chi connectivity index (χ0n) is 13.9. The minimum Gasteiger partial charge on any atom is -0.495 e. The molecule has 0 bridgehead atoms. The zero-order chi connectivity index (χ0) is 17.9. The molecule has 2 N–H and O–H groups in total. The minimum atomic E-state index is -3.75. The van der Waals surface area contributed by atoms with Crippen molar-refractivity contribution in [2.45, 2.75) is 24.8 Å². The van der Waals surface area contributed by atoms with Crippen molar-refractivity contribution >= 4 is 15.9 Å². The molecule has 1 unspecified atom stereocenters. The molecule has 24 heavy (non-hydrogen) atoms. The molecule has 8 heteroatoms. The fourth-order valence-corrected chi connectivity index (χ4v) is 3.09. The SMILES string of the molecule is CNS(=O)(=O)c1cc(C(=O)NC(C)c2ccc(C)o2)ccc1OC. The Balaban J connectivity index is 2.28. The van der Waals surface area contributed by atoms with Gasteiger partial charge in [0.25, 0.3) is 5.91 Å². The van der Waals surface area contributed by atoms with Gasteiger partial charge in [-0.05, 0) is 51.2 Å². The second-order valence-electron chi connectivity index (χ2n) is 5.22. The van der Waals surface area contributed by atoms with Crippen LogP contribution in [-0.2, 0) is 10.0 Å². The smallest absolute Gasteiger partial charge is 0.251 e. The first-order valence-corrected chi connectivity index (χ1v) is 8.75. The second kappa shape index (κ2) is 7.06. The third-order valence-corrected chi connectivity index (χ3v) is 4.96. The van der Waals surface area contributed by atoms with Crippen LogP contribution in [0.4, 0.5) is 0 Å². The van der Waals surface area contributed by atoms with Crippen molar-refractivity contribution in [3.8, 4) is 5.75 Å². The molecule has 0 aliphatic carbocycles. The van der Waals surface area contributed by atoms with Gasteiger partial charge in [-0.3, -0.25) is 4.79 Å². The number of furan rings is 1. The van der Waals surface area contributed by atoms with Crippen LogP contribution in [0.1, 0.15) is 34.8 Å². The summed E-state index contributed by atoms with van der Waals surface area (Å²) in [5.74, 6) is 1.12. The van der Waals surface area contributed by atoms with Crippen molar-refractivity contribution < 1.29 is 22.4 Å². The van der Waals surface area contributed by atoms with Gasteiger partial charge in [-0.15, -0.1) is 0 Å². The van der Waals surface area contributed by atoms with Crippen LogP contribution in [0.25, 0.3) is 0 Å². The molecular formula is C16H20N2O5S. The van der Waals surface area contributed by atoms with Crippen LogP contribution in [0.5, 0.6) is 5.75 Å². The summed E-state index contributed by atoms with van der Waals surface area (Å²) < 4.78 is 36.9. The molecule has 1 atom stereocenters. The van der Waals surface area contributed by atoms with Gasteiger partial charge in [0.15, 0.2) is 0 Å². The van der Waals surface area contributed by atoms with E-state index in [0.717, 1.165) is 5.76 Å². The monoisotopic (exact) mass is 352 g/mol. The average Bonchev–Trinajstić information content (AvgIpc) is 3.00. The first-order chi connectivity index (χ1) is 11.3. The maximum atomic E-state index is 12.4. The number of hydrogen-bond acceptors (Lipinski definition) is 5. The Kier molecular flexibility index (Phi) is 5.30. The van der Waals surface area contributed by atoms with Gasteiger partial charge in [-0.25, -0.2) is 13.1 Å². The van der Waals surface area contributed by atoms with E-state index in [1.54, 1.807) is 13.0 Å². The Morgan fingerprint density at radius 1 is 1.25 bits per heavy atom. The Morgan fingerprint density at radius 2 is 1.96 bits per heavy atom. The fourth-order valence-electron chi connectivity index (χ4n) is 2.18. The fraction of sp³-hybridized carbons (Fsp3) is 0.312. The van der Waals surface area contributed by atoms with E-state index < -0.39 is 15.9 Å². The second-order valence-corrected chi connectivity index (χ2v) is 7.07. The summed E-state index contributed by atoms with van der Waals surface area (Å²) in [4.78, 5) is 12.3. The van der Waals surface area contributed by atoms with Crippen LogP contribution in [-0.4, -0.2) is 28.5 Å². The van der Waals surface area contributed by atoms with E-state index in [2.05, 4.69) is 10.0 Å². The lowest BCUT2D eigenvalue weighted by atomic mass is 10.1. The van der Waals surface area contributed by atoms with Crippen molar-refractivity contribution in [2.24, 2.45) is 0 Å². The topological polar surface area (TPSA) is 97.6 Å². The quantitative estimate of drug-likeness (QED) is 0.829. The summed E-state index contributed by atoms with van der Waals surface area (Å²) >= 11 is 0. The molecule has 0 radical (unpaired) electrons. The lowest BCUT2D eigenvalue weighted by Crippen LogP contribution is -2.27. The molecule has 0 saturated carbocycles. The van der Waals surface area contributed by atoms with Gasteiger partial charge in [0, 0.05) is 5.56 Å². The predicted octanol–water partition coefficient (Wildman–Crippen LogP) is 2.00. The van der Waals surface area contributed by atoms with Gasteiger partial charge in [-0.1, -0.05) is 0 Å². The van der Waals surface area contributed by atoms with Crippen molar-refractivity contribution in [3.63, 3.8) is 0 Å². The number of ether oxygens (including phenoxy) is 1. The van der Waals surface area contributed by atoms with Crippen LogP contribution in [0.3, 0.4) is 0 Å². The summed E-state index contributed by atoms with van der Waals surface area (Å²) in [6.45, 7) is 3.60. The molecule has 1 aromatic carbocycles. The van der Waals surface area contributed by atoms with Crippen molar-refractivity contribution in [1.82, 2.24) is 10.0 Å². The molecule has 2 rings (SSSR count). The number of amides is 1. The number of nitrogens with one attached hydrogen (secondary N) is 2. The minimum absolute atomic E-state index is 0.0957. The number of methoxy groups -OCH3 is 1. The van der Waals surface area contributed by atoms with Crippen LogP contribution in [0.15, 0.2) is 39.6 Å². The van der Waals surface area contributed by atoms with E-state index in [1.807, 2.05) is 13.0 Å².